The number of carbonyl (C=O) groups is 1. The van der Waals surface area contributed by atoms with Crippen molar-refractivity contribution in [3.05, 3.63) is 59.7 Å². The van der Waals surface area contributed by atoms with E-state index in [9.17, 15) is 4.79 Å². The van der Waals surface area contributed by atoms with Crippen molar-refractivity contribution >= 4 is 5.78 Å². The van der Waals surface area contributed by atoms with Crippen LogP contribution in [0.2, 0.25) is 0 Å². The fourth-order valence-corrected chi connectivity index (χ4v) is 3.64. The zero-order valence-electron chi connectivity index (χ0n) is 14.0. The smallest absolute Gasteiger partial charge is 0.147 e. The first-order valence-corrected chi connectivity index (χ1v) is 8.50. The number of Topliss-reactive ketones (excluding diaryl/α,β-unsaturated/α-hetero) is 1. The third kappa shape index (κ3) is 2.61. The largest absolute Gasteiger partial charge is 0.380 e. The van der Waals surface area contributed by atoms with Gasteiger partial charge >= 0.3 is 0 Å². The van der Waals surface area contributed by atoms with Gasteiger partial charge in [-0.05, 0) is 35.6 Å². The van der Waals surface area contributed by atoms with Crippen LogP contribution in [0.1, 0.15) is 44.2 Å². The molecule has 0 saturated carbocycles. The minimum absolute atomic E-state index is 0.158. The van der Waals surface area contributed by atoms with Gasteiger partial charge in [0.15, 0.2) is 0 Å². The summed E-state index contributed by atoms with van der Waals surface area (Å²) in [5.41, 5.74) is 3.85. The van der Waals surface area contributed by atoms with Crippen LogP contribution in [0.15, 0.2) is 48.5 Å². The summed E-state index contributed by atoms with van der Waals surface area (Å²) in [5.74, 6) is 0.158. The van der Waals surface area contributed by atoms with Gasteiger partial charge in [-0.15, -0.1) is 0 Å². The van der Waals surface area contributed by atoms with Gasteiger partial charge in [-0.25, -0.2) is 0 Å². The maximum atomic E-state index is 12.7. The second-order valence-electron chi connectivity index (χ2n) is 6.31. The average Bonchev–Trinajstić information content (AvgIpc) is 2.87. The third-order valence-corrected chi connectivity index (χ3v) is 4.88. The summed E-state index contributed by atoms with van der Waals surface area (Å²) < 4.78 is 5.98. The topological polar surface area (TPSA) is 26.3 Å². The molecule has 2 aromatic carbocycles. The molecule has 2 aromatic rings. The van der Waals surface area contributed by atoms with Crippen LogP contribution in [0, 0.1) is 0 Å². The molecule has 0 unspecified atom stereocenters. The summed E-state index contributed by atoms with van der Waals surface area (Å²) in [7, 11) is 0. The van der Waals surface area contributed by atoms with Crippen LogP contribution in [0.25, 0.3) is 11.1 Å². The Morgan fingerprint density at radius 1 is 0.957 bits per heavy atom. The molecule has 0 radical (unpaired) electrons. The second-order valence-corrected chi connectivity index (χ2v) is 6.31. The molecule has 0 N–H and O–H groups in total. The average molecular weight is 308 g/mol. The van der Waals surface area contributed by atoms with E-state index in [1.807, 2.05) is 24.3 Å². The van der Waals surface area contributed by atoms with E-state index in [4.69, 9.17) is 4.74 Å². The standard InChI is InChI=1S/C21H24O2/c1-3-4-9-14-23-15-21(16(2)22)19-12-7-5-10-17(19)18-11-6-8-13-20(18)21/h5-8,10-13H,3-4,9,14-15H2,1-2H3. The highest BCUT2D eigenvalue weighted by molar-refractivity contribution is 6.00. The lowest BCUT2D eigenvalue weighted by Crippen LogP contribution is -2.38. The first-order chi connectivity index (χ1) is 11.2. The minimum Gasteiger partial charge on any atom is -0.380 e. The van der Waals surface area contributed by atoms with E-state index >= 15 is 0 Å². The summed E-state index contributed by atoms with van der Waals surface area (Å²) in [5, 5.41) is 0. The van der Waals surface area contributed by atoms with Crippen molar-refractivity contribution in [1.29, 1.82) is 0 Å². The molecule has 2 heteroatoms. The number of ether oxygens (including phenoxy) is 1. The summed E-state index contributed by atoms with van der Waals surface area (Å²) >= 11 is 0. The zero-order valence-corrected chi connectivity index (χ0v) is 14.0. The molecule has 2 nitrogen and oxygen atoms in total. The number of benzene rings is 2. The first kappa shape index (κ1) is 15.9. The lowest BCUT2D eigenvalue weighted by molar-refractivity contribution is -0.123. The van der Waals surface area contributed by atoms with Crippen LogP contribution in [-0.4, -0.2) is 19.0 Å². The number of unbranched alkanes of at least 4 members (excludes halogenated alkanes) is 2. The van der Waals surface area contributed by atoms with Gasteiger partial charge in [0.1, 0.15) is 11.2 Å². The van der Waals surface area contributed by atoms with Crippen molar-refractivity contribution in [3.63, 3.8) is 0 Å². The lowest BCUT2D eigenvalue weighted by Gasteiger charge is -2.29. The Morgan fingerprint density at radius 2 is 1.52 bits per heavy atom. The van der Waals surface area contributed by atoms with E-state index < -0.39 is 5.41 Å². The van der Waals surface area contributed by atoms with Crippen molar-refractivity contribution in [3.8, 4) is 11.1 Å². The number of carbonyl (C=O) groups excluding carboxylic acids is 1. The Balaban J connectivity index is 2.00. The molecule has 0 amide bonds. The molecule has 120 valence electrons. The van der Waals surface area contributed by atoms with Gasteiger partial charge in [-0.2, -0.15) is 0 Å². The molecule has 23 heavy (non-hydrogen) atoms. The predicted octanol–water partition coefficient (Wildman–Crippen LogP) is 4.75. The molecular weight excluding hydrogens is 284 g/mol. The Morgan fingerprint density at radius 3 is 2.04 bits per heavy atom. The van der Waals surface area contributed by atoms with E-state index in [2.05, 4.69) is 31.2 Å². The lowest BCUT2D eigenvalue weighted by atomic mass is 9.75. The van der Waals surface area contributed by atoms with Crippen molar-refractivity contribution in [2.45, 2.75) is 38.5 Å². The molecule has 1 aliphatic rings. The van der Waals surface area contributed by atoms with Gasteiger partial charge in [-0.3, -0.25) is 4.79 Å². The van der Waals surface area contributed by atoms with Gasteiger partial charge in [0, 0.05) is 6.61 Å². The van der Waals surface area contributed by atoms with E-state index in [1.54, 1.807) is 6.92 Å². The molecule has 0 atom stereocenters. The van der Waals surface area contributed by atoms with Crippen molar-refractivity contribution in [2.24, 2.45) is 0 Å². The minimum atomic E-state index is -0.653. The molecule has 3 rings (SSSR count). The summed E-state index contributed by atoms with van der Waals surface area (Å²) in [6.45, 7) is 5.02. The third-order valence-electron chi connectivity index (χ3n) is 4.88. The Bertz CT molecular complexity index is 657. The fraction of sp³-hybridized carbons (Fsp3) is 0.381. The Kier molecular flexibility index (Phi) is 4.63. The molecule has 0 spiro atoms. The van der Waals surface area contributed by atoms with E-state index in [0.717, 1.165) is 28.7 Å². The Labute approximate surface area is 138 Å². The van der Waals surface area contributed by atoms with Crippen molar-refractivity contribution in [1.82, 2.24) is 0 Å². The quantitative estimate of drug-likeness (QED) is 0.690. The van der Waals surface area contributed by atoms with Crippen molar-refractivity contribution < 1.29 is 9.53 Å². The SMILES string of the molecule is CCCCCOCC1(C(C)=O)c2ccccc2-c2ccccc21. The molecule has 0 fully saturated rings. The van der Waals surface area contributed by atoms with Crippen LogP contribution < -0.4 is 0 Å². The van der Waals surface area contributed by atoms with E-state index in [0.29, 0.717) is 13.2 Å². The molecule has 0 saturated heterocycles. The van der Waals surface area contributed by atoms with Crippen LogP contribution in [-0.2, 0) is 14.9 Å². The molecule has 0 heterocycles. The van der Waals surface area contributed by atoms with Gasteiger partial charge < -0.3 is 4.74 Å². The number of fused-ring (bicyclic) bond motifs is 3. The van der Waals surface area contributed by atoms with Crippen molar-refractivity contribution in [2.75, 3.05) is 13.2 Å². The summed E-state index contributed by atoms with van der Waals surface area (Å²) in [6.07, 6.45) is 3.39. The molecule has 1 aliphatic carbocycles. The number of rotatable bonds is 7. The highest BCUT2D eigenvalue weighted by Gasteiger charge is 2.47. The van der Waals surface area contributed by atoms with Crippen LogP contribution in [0.4, 0.5) is 0 Å². The molecular formula is C21H24O2. The summed E-state index contributed by atoms with van der Waals surface area (Å²) in [4.78, 5) is 12.7. The van der Waals surface area contributed by atoms with Crippen LogP contribution in [0.3, 0.4) is 0 Å². The second kappa shape index (κ2) is 6.67. The predicted molar refractivity (Wildman–Crippen MR) is 93.7 cm³/mol. The number of ketones is 1. The fourth-order valence-electron chi connectivity index (χ4n) is 3.64. The normalized spacial score (nSPS) is 14.3. The number of hydrogen-bond acceptors (Lipinski definition) is 2. The maximum Gasteiger partial charge on any atom is 0.147 e. The van der Waals surface area contributed by atoms with Crippen LogP contribution >= 0.6 is 0 Å². The molecule has 0 aliphatic heterocycles. The Hall–Kier alpha value is -1.93. The van der Waals surface area contributed by atoms with E-state index in [-0.39, 0.29) is 5.78 Å². The highest BCUT2D eigenvalue weighted by atomic mass is 16.5. The number of hydrogen-bond donors (Lipinski definition) is 0. The molecule has 0 bridgehead atoms. The van der Waals surface area contributed by atoms with Gasteiger partial charge in [-0.1, -0.05) is 68.3 Å². The monoisotopic (exact) mass is 308 g/mol. The van der Waals surface area contributed by atoms with E-state index in [1.165, 1.54) is 12.8 Å². The van der Waals surface area contributed by atoms with Crippen LogP contribution in [0.5, 0.6) is 0 Å². The maximum absolute atomic E-state index is 12.7. The zero-order chi connectivity index (χ0) is 16.3. The van der Waals surface area contributed by atoms with Gasteiger partial charge in [0.05, 0.1) is 6.61 Å². The first-order valence-electron chi connectivity index (χ1n) is 8.50. The van der Waals surface area contributed by atoms with Gasteiger partial charge in [0.25, 0.3) is 0 Å². The highest BCUT2D eigenvalue weighted by Crippen LogP contribution is 2.49. The summed E-state index contributed by atoms with van der Waals surface area (Å²) in [6, 6.07) is 16.5. The van der Waals surface area contributed by atoms with Gasteiger partial charge in [0.2, 0.25) is 0 Å². The molecule has 0 aromatic heterocycles.